The molecule has 26 heavy (non-hydrogen) atoms. The summed E-state index contributed by atoms with van der Waals surface area (Å²) in [6.07, 6.45) is 0.975. The normalized spacial score (nSPS) is 16.4. The van der Waals surface area contributed by atoms with Gasteiger partial charge in [-0.2, -0.15) is 4.31 Å². The Hall–Kier alpha value is -1.89. The third kappa shape index (κ3) is 4.09. The van der Waals surface area contributed by atoms with E-state index in [1.807, 2.05) is 13.0 Å². The van der Waals surface area contributed by atoms with Crippen molar-refractivity contribution in [2.75, 3.05) is 18.4 Å². The fraction of sp³-hybridized carbons (Fsp3) is 0.316. The van der Waals surface area contributed by atoms with Crippen molar-refractivity contribution in [1.29, 1.82) is 0 Å². The zero-order chi connectivity index (χ0) is 18.7. The molecule has 1 aliphatic rings. The van der Waals surface area contributed by atoms with Crippen LogP contribution in [0.15, 0.2) is 53.4 Å². The highest BCUT2D eigenvalue weighted by atomic mass is 35.5. The molecule has 1 fully saturated rings. The van der Waals surface area contributed by atoms with E-state index >= 15 is 0 Å². The lowest BCUT2D eigenvalue weighted by Gasteiger charge is -2.30. The van der Waals surface area contributed by atoms with Gasteiger partial charge >= 0.3 is 0 Å². The number of carbonyl (C=O) groups excluding carboxylic acids is 1. The minimum Gasteiger partial charge on any atom is -0.325 e. The molecule has 1 saturated heterocycles. The Labute approximate surface area is 159 Å². The quantitative estimate of drug-likeness (QED) is 0.862. The van der Waals surface area contributed by atoms with Gasteiger partial charge in [0.25, 0.3) is 0 Å². The third-order valence-corrected chi connectivity index (χ3v) is 6.81. The van der Waals surface area contributed by atoms with Crippen LogP contribution < -0.4 is 5.32 Å². The van der Waals surface area contributed by atoms with Crippen LogP contribution in [-0.4, -0.2) is 31.7 Å². The average molecular weight is 393 g/mol. The fourth-order valence-electron chi connectivity index (χ4n) is 3.06. The molecule has 2 aromatic rings. The summed E-state index contributed by atoms with van der Waals surface area (Å²) in [6.45, 7) is 2.59. The van der Waals surface area contributed by atoms with Gasteiger partial charge in [-0.25, -0.2) is 8.42 Å². The monoisotopic (exact) mass is 392 g/mol. The molecule has 2 aromatic carbocycles. The summed E-state index contributed by atoms with van der Waals surface area (Å²) in [4.78, 5) is 12.8. The summed E-state index contributed by atoms with van der Waals surface area (Å²) in [6, 6.07) is 13.8. The number of nitrogens with zero attached hydrogens (tertiary/aromatic N) is 1. The number of rotatable bonds is 4. The molecule has 138 valence electrons. The number of piperidine rings is 1. The van der Waals surface area contributed by atoms with E-state index in [0.29, 0.717) is 36.6 Å². The number of amides is 1. The lowest BCUT2D eigenvalue weighted by atomic mass is 9.97. The number of anilines is 1. The molecular formula is C19H21ClN2O3S. The second kappa shape index (κ2) is 7.78. The molecule has 1 aliphatic heterocycles. The van der Waals surface area contributed by atoms with E-state index in [1.165, 1.54) is 4.31 Å². The zero-order valence-electron chi connectivity index (χ0n) is 14.5. The first-order valence-electron chi connectivity index (χ1n) is 8.50. The molecule has 0 unspecified atom stereocenters. The highest BCUT2D eigenvalue weighted by Gasteiger charge is 2.32. The van der Waals surface area contributed by atoms with Crippen molar-refractivity contribution in [2.45, 2.75) is 24.7 Å². The van der Waals surface area contributed by atoms with Crippen molar-refractivity contribution in [3.63, 3.8) is 0 Å². The number of halogens is 1. The summed E-state index contributed by atoms with van der Waals surface area (Å²) in [5.74, 6) is -0.345. The van der Waals surface area contributed by atoms with Crippen molar-refractivity contribution in [2.24, 2.45) is 5.92 Å². The van der Waals surface area contributed by atoms with E-state index in [2.05, 4.69) is 5.32 Å². The number of hydrogen-bond acceptors (Lipinski definition) is 3. The van der Waals surface area contributed by atoms with Crippen LogP contribution in [0.4, 0.5) is 5.69 Å². The van der Waals surface area contributed by atoms with E-state index < -0.39 is 10.0 Å². The van der Waals surface area contributed by atoms with Crippen LogP contribution in [0.3, 0.4) is 0 Å². The highest BCUT2D eigenvalue weighted by Crippen LogP contribution is 2.27. The summed E-state index contributed by atoms with van der Waals surface area (Å²) in [5.41, 5.74) is 1.61. The molecule has 0 spiro atoms. The minimum atomic E-state index is -3.50. The second-order valence-corrected chi connectivity index (χ2v) is 8.81. The topological polar surface area (TPSA) is 66.5 Å². The Bertz CT molecular complexity index is 892. The zero-order valence-corrected chi connectivity index (χ0v) is 16.1. The summed E-state index contributed by atoms with van der Waals surface area (Å²) < 4.78 is 26.7. The maximum atomic E-state index is 12.6. The summed E-state index contributed by atoms with van der Waals surface area (Å²) in [7, 11) is -3.50. The molecule has 5 nitrogen and oxygen atoms in total. The first-order chi connectivity index (χ1) is 12.4. The number of carbonyl (C=O) groups is 1. The maximum absolute atomic E-state index is 12.6. The molecule has 0 saturated carbocycles. The van der Waals surface area contributed by atoms with Crippen LogP contribution in [0, 0.1) is 12.8 Å². The number of nitrogens with one attached hydrogen (secondary N) is 1. The van der Waals surface area contributed by atoms with E-state index in [0.717, 1.165) is 5.56 Å². The molecule has 0 atom stereocenters. The van der Waals surface area contributed by atoms with Gasteiger partial charge < -0.3 is 5.32 Å². The molecule has 0 aromatic heterocycles. The molecule has 3 rings (SSSR count). The summed E-state index contributed by atoms with van der Waals surface area (Å²) >= 11 is 6.16. The van der Waals surface area contributed by atoms with Gasteiger partial charge in [0, 0.05) is 19.0 Å². The van der Waals surface area contributed by atoms with Crippen molar-refractivity contribution in [3.8, 4) is 0 Å². The van der Waals surface area contributed by atoms with Crippen LogP contribution in [-0.2, 0) is 14.8 Å². The molecule has 1 N–H and O–H groups in total. The molecule has 1 amide bonds. The van der Waals surface area contributed by atoms with Crippen molar-refractivity contribution >= 4 is 33.2 Å². The highest BCUT2D eigenvalue weighted by molar-refractivity contribution is 7.89. The van der Waals surface area contributed by atoms with Crippen LogP contribution in [0.1, 0.15) is 18.4 Å². The van der Waals surface area contributed by atoms with E-state index in [4.69, 9.17) is 11.6 Å². The van der Waals surface area contributed by atoms with Crippen LogP contribution in [0.2, 0.25) is 5.02 Å². The Morgan fingerprint density at radius 1 is 1.12 bits per heavy atom. The van der Waals surface area contributed by atoms with E-state index in [1.54, 1.807) is 42.5 Å². The molecule has 0 bridgehead atoms. The molecule has 7 heteroatoms. The van der Waals surface area contributed by atoms with Gasteiger partial charge in [0.15, 0.2) is 0 Å². The Morgan fingerprint density at radius 2 is 1.77 bits per heavy atom. The molecular weight excluding hydrogens is 372 g/mol. The lowest BCUT2D eigenvalue weighted by Crippen LogP contribution is -2.41. The van der Waals surface area contributed by atoms with Gasteiger partial charge in [0.05, 0.1) is 15.6 Å². The maximum Gasteiger partial charge on any atom is 0.243 e. The second-order valence-electron chi connectivity index (χ2n) is 6.46. The molecule has 0 aliphatic carbocycles. The largest absolute Gasteiger partial charge is 0.325 e. The van der Waals surface area contributed by atoms with Crippen LogP contribution in [0.5, 0.6) is 0 Å². The van der Waals surface area contributed by atoms with Crippen LogP contribution in [0.25, 0.3) is 0 Å². The fourth-order valence-corrected chi connectivity index (χ4v) is 4.83. The lowest BCUT2D eigenvalue weighted by molar-refractivity contribution is -0.120. The summed E-state index contributed by atoms with van der Waals surface area (Å²) in [5, 5.41) is 3.36. The van der Waals surface area contributed by atoms with Crippen molar-refractivity contribution < 1.29 is 13.2 Å². The van der Waals surface area contributed by atoms with Gasteiger partial charge in [0.1, 0.15) is 0 Å². The van der Waals surface area contributed by atoms with Gasteiger partial charge in [-0.3, -0.25) is 4.79 Å². The number of benzene rings is 2. The minimum absolute atomic E-state index is 0.118. The van der Waals surface area contributed by atoms with E-state index in [9.17, 15) is 13.2 Å². The number of aryl methyl sites for hydroxylation is 1. The predicted molar refractivity (Wildman–Crippen MR) is 103 cm³/mol. The predicted octanol–water partition coefficient (Wildman–Crippen LogP) is 3.69. The SMILES string of the molecule is Cc1ccc(NC(=O)C2CCN(S(=O)(=O)c3ccccc3)CC2)c(Cl)c1. The number of hydrogen-bond donors (Lipinski definition) is 1. The van der Waals surface area contributed by atoms with Gasteiger partial charge in [0.2, 0.25) is 15.9 Å². The first kappa shape index (κ1) is 18.9. The third-order valence-electron chi connectivity index (χ3n) is 4.59. The standard InChI is InChI=1S/C19H21ClN2O3S/c1-14-7-8-18(17(20)13-14)21-19(23)15-9-11-22(12-10-15)26(24,25)16-5-3-2-4-6-16/h2-8,13,15H,9-12H2,1H3,(H,21,23). The Morgan fingerprint density at radius 3 is 2.38 bits per heavy atom. The van der Waals surface area contributed by atoms with Crippen molar-refractivity contribution in [1.82, 2.24) is 4.31 Å². The van der Waals surface area contributed by atoms with Gasteiger partial charge in [-0.1, -0.05) is 35.9 Å². The smallest absolute Gasteiger partial charge is 0.243 e. The van der Waals surface area contributed by atoms with E-state index in [-0.39, 0.29) is 16.7 Å². The molecule has 0 radical (unpaired) electrons. The van der Waals surface area contributed by atoms with Gasteiger partial charge in [-0.05, 0) is 49.6 Å². The van der Waals surface area contributed by atoms with Crippen LogP contribution >= 0.6 is 11.6 Å². The number of sulfonamides is 1. The van der Waals surface area contributed by atoms with Crippen molar-refractivity contribution in [3.05, 3.63) is 59.1 Å². The first-order valence-corrected chi connectivity index (χ1v) is 10.3. The molecule has 1 heterocycles. The Balaban J connectivity index is 1.62. The Kier molecular flexibility index (Phi) is 5.65. The van der Waals surface area contributed by atoms with Gasteiger partial charge in [-0.15, -0.1) is 0 Å². The average Bonchev–Trinajstić information content (AvgIpc) is 2.65.